The van der Waals surface area contributed by atoms with Crippen molar-refractivity contribution in [2.75, 3.05) is 23.5 Å². The summed E-state index contributed by atoms with van der Waals surface area (Å²) in [5.41, 5.74) is 2.13. The number of carbonyl (C=O) groups excluding carboxylic acids is 1. The van der Waals surface area contributed by atoms with Crippen molar-refractivity contribution in [3.63, 3.8) is 0 Å². The van der Waals surface area contributed by atoms with E-state index in [1.54, 1.807) is 35.7 Å². The second-order valence-electron chi connectivity index (χ2n) is 6.63. The third-order valence-electron chi connectivity index (χ3n) is 4.81. The second kappa shape index (κ2) is 8.00. The lowest BCUT2D eigenvalue weighted by Gasteiger charge is -2.20. The van der Waals surface area contributed by atoms with E-state index in [0.717, 1.165) is 23.3 Å². The van der Waals surface area contributed by atoms with Gasteiger partial charge in [0, 0.05) is 18.8 Å². The summed E-state index contributed by atoms with van der Waals surface area (Å²) in [5.74, 6) is 0.627. The Morgan fingerprint density at radius 2 is 1.83 bits per heavy atom. The fourth-order valence-electron chi connectivity index (χ4n) is 3.06. The summed E-state index contributed by atoms with van der Waals surface area (Å²) >= 11 is 1.07. The first-order valence-corrected chi connectivity index (χ1v) is 11.6. The summed E-state index contributed by atoms with van der Waals surface area (Å²) in [7, 11) is -2.43. The number of ether oxygens (including phenoxy) is 2. The SMILES string of the molecule is CCc1ccc(N(C)S(=O)(=O)c2ccsc2C(=O)Nc2ccc3c(c2)OCO3)cc1. The van der Waals surface area contributed by atoms with Crippen molar-refractivity contribution in [3.8, 4) is 11.5 Å². The molecule has 0 radical (unpaired) electrons. The van der Waals surface area contributed by atoms with Crippen LogP contribution in [0.5, 0.6) is 11.5 Å². The molecule has 1 N–H and O–H groups in total. The predicted octanol–water partition coefficient (Wildman–Crippen LogP) is 4.12. The monoisotopic (exact) mass is 444 g/mol. The fourth-order valence-corrected chi connectivity index (χ4v) is 5.55. The molecular formula is C21H20N2O5S2. The number of hydrogen-bond acceptors (Lipinski definition) is 6. The summed E-state index contributed by atoms with van der Waals surface area (Å²) in [5, 5.41) is 4.33. The largest absolute Gasteiger partial charge is 0.454 e. The molecule has 0 bridgehead atoms. The van der Waals surface area contributed by atoms with Crippen molar-refractivity contribution in [1.29, 1.82) is 0 Å². The number of carbonyl (C=O) groups is 1. The van der Waals surface area contributed by atoms with E-state index in [2.05, 4.69) is 5.32 Å². The van der Waals surface area contributed by atoms with Gasteiger partial charge in [0.25, 0.3) is 15.9 Å². The number of nitrogens with zero attached hydrogens (tertiary/aromatic N) is 1. The van der Waals surface area contributed by atoms with Gasteiger partial charge in [-0.15, -0.1) is 11.3 Å². The molecule has 0 saturated heterocycles. The number of thiophene rings is 1. The van der Waals surface area contributed by atoms with Crippen LogP contribution in [0.25, 0.3) is 0 Å². The van der Waals surface area contributed by atoms with Crippen LogP contribution in [-0.2, 0) is 16.4 Å². The zero-order chi connectivity index (χ0) is 21.3. The molecule has 9 heteroatoms. The number of hydrogen-bond donors (Lipinski definition) is 1. The van der Waals surface area contributed by atoms with Gasteiger partial charge < -0.3 is 14.8 Å². The molecule has 2 heterocycles. The lowest BCUT2D eigenvalue weighted by atomic mass is 10.1. The summed E-state index contributed by atoms with van der Waals surface area (Å²) in [6, 6.07) is 13.8. The van der Waals surface area contributed by atoms with E-state index in [9.17, 15) is 13.2 Å². The number of anilines is 2. The molecule has 1 aromatic heterocycles. The minimum atomic E-state index is -3.91. The minimum absolute atomic E-state index is 0.0344. The molecule has 0 unspecified atom stereocenters. The average Bonchev–Trinajstić information content (AvgIpc) is 3.42. The number of fused-ring (bicyclic) bond motifs is 1. The number of rotatable bonds is 6. The highest BCUT2D eigenvalue weighted by Gasteiger charge is 2.28. The number of sulfonamides is 1. The van der Waals surface area contributed by atoms with E-state index >= 15 is 0 Å². The van der Waals surface area contributed by atoms with Crippen molar-refractivity contribution in [2.45, 2.75) is 18.2 Å². The van der Waals surface area contributed by atoms with Crippen LogP contribution in [0.15, 0.2) is 58.8 Å². The third-order valence-corrected chi connectivity index (χ3v) is 7.68. The van der Waals surface area contributed by atoms with Crippen LogP contribution >= 0.6 is 11.3 Å². The molecule has 1 aliphatic rings. The van der Waals surface area contributed by atoms with Crippen molar-refractivity contribution in [1.82, 2.24) is 0 Å². The molecule has 1 aliphatic heterocycles. The number of aryl methyl sites for hydroxylation is 1. The number of amides is 1. The first-order chi connectivity index (χ1) is 14.4. The van der Waals surface area contributed by atoms with E-state index < -0.39 is 15.9 Å². The lowest BCUT2D eigenvalue weighted by Crippen LogP contribution is -2.28. The van der Waals surface area contributed by atoms with Crippen LogP contribution in [0, 0.1) is 0 Å². The zero-order valence-electron chi connectivity index (χ0n) is 16.4. The second-order valence-corrected chi connectivity index (χ2v) is 9.48. The van der Waals surface area contributed by atoms with Gasteiger partial charge in [-0.2, -0.15) is 0 Å². The molecule has 30 heavy (non-hydrogen) atoms. The maximum absolute atomic E-state index is 13.2. The standard InChI is InChI=1S/C21H20N2O5S2/c1-3-14-4-7-16(8-5-14)23(2)30(25,26)19-10-11-29-20(19)21(24)22-15-6-9-17-18(12-15)28-13-27-17/h4-12H,3,13H2,1-2H3,(H,22,24). The molecule has 0 fully saturated rings. The van der Waals surface area contributed by atoms with Crippen molar-refractivity contribution in [3.05, 3.63) is 64.4 Å². The molecule has 0 aliphatic carbocycles. The Kier molecular flexibility index (Phi) is 5.40. The Bertz CT molecular complexity index is 1190. The number of nitrogens with one attached hydrogen (secondary N) is 1. The summed E-state index contributed by atoms with van der Waals surface area (Å²) in [6.45, 7) is 2.16. The van der Waals surface area contributed by atoms with Crippen LogP contribution in [0.4, 0.5) is 11.4 Å². The Hall–Kier alpha value is -3.04. The molecule has 156 valence electrons. The summed E-state index contributed by atoms with van der Waals surface area (Å²) < 4.78 is 38.1. The lowest BCUT2D eigenvalue weighted by molar-refractivity contribution is 0.102. The smallest absolute Gasteiger partial charge is 0.267 e. The van der Waals surface area contributed by atoms with Gasteiger partial charge in [-0.1, -0.05) is 19.1 Å². The first-order valence-electron chi connectivity index (χ1n) is 9.26. The Morgan fingerprint density at radius 3 is 2.57 bits per heavy atom. The van der Waals surface area contributed by atoms with Gasteiger partial charge in [0.2, 0.25) is 6.79 Å². The average molecular weight is 445 g/mol. The Balaban J connectivity index is 1.58. The maximum atomic E-state index is 13.2. The van der Waals surface area contributed by atoms with Gasteiger partial charge in [-0.3, -0.25) is 9.10 Å². The van der Waals surface area contributed by atoms with Crippen LogP contribution < -0.4 is 19.1 Å². The van der Waals surface area contributed by atoms with Gasteiger partial charge in [0.15, 0.2) is 11.5 Å². The first kappa shape index (κ1) is 20.2. The van der Waals surface area contributed by atoms with Crippen LogP contribution in [-0.4, -0.2) is 28.2 Å². The molecule has 0 atom stereocenters. The minimum Gasteiger partial charge on any atom is -0.454 e. The van der Waals surface area contributed by atoms with Crippen LogP contribution in [0.1, 0.15) is 22.2 Å². The van der Waals surface area contributed by atoms with Gasteiger partial charge in [-0.05, 0) is 47.7 Å². The van der Waals surface area contributed by atoms with E-state index in [1.165, 1.54) is 17.4 Å². The number of benzene rings is 2. The quantitative estimate of drug-likeness (QED) is 0.618. The summed E-state index contributed by atoms with van der Waals surface area (Å²) in [6.07, 6.45) is 0.867. The van der Waals surface area contributed by atoms with Crippen LogP contribution in [0.2, 0.25) is 0 Å². The molecule has 0 saturated carbocycles. The molecule has 1 amide bonds. The normalized spacial score (nSPS) is 12.6. The van der Waals surface area contributed by atoms with Crippen LogP contribution in [0.3, 0.4) is 0 Å². The highest BCUT2D eigenvalue weighted by atomic mass is 32.2. The van der Waals surface area contributed by atoms with Gasteiger partial charge in [-0.25, -0.2) is 8.42 Å². The maximum Gasteiger partial charge on any atom is 0.267 e. The molecule has 7 nitrogen and oxygen atoms in total. The van der Waals surface area contributed by atoms with E-state index in [0.29, 0.717) is 22.9 Å². The van der Waals surface area contributed by atoms with Crippen molar-refractivity contribution in [2.24, 2.45) is 0 Å². The Labute approximate surface area is 178 Å². The van der Waals surface area contributed by atoms with Gasteiger partial charge >= 0.3 is 0 Å². The van der Waals surface area contributed by atoms with E-state index in [4.69, 9.17) is 9.47 Å². The molecule has 0 spiro atoms. The van der Waals surface area contributed by atoms with Crippen molar-refractivity contribution < 1.29 is 22.7 Å². The molecule has 4 rings (SSSR count). The zero-order valence-corrected chi connectivity index (χ0v) is 18.0. The Morgan fingerprint density at radius 1 is 1.10 bits per heavy atom. The van der Waals surface area contributed by atoms with Crippen molar-refractivity contribution >= 4 is 38.6 Å². The van der Waals surface area contributed by atoms with Gasteiger partial charge in [0.1, 0.15) is 9.77 Å². The highest BCUT2D eigenvalue weighted by molar-refractivity contribution is 7.93. The molecular weight excluding hydrogens is 424 g/mol. The van der Waals surface area contributed by atoms with Gasteiger partial charge in [0.05, 0.1) is 5.69 Å². The topological polar surface area (TPSA) is 84.9 Å². The fraction of sp³-hybridized carbons (Fsp3) is 0.190. The molecule has 2 aromatic carbocycles. The third kappa shape index (κ3) is 3.73. The predicted molar refractivity (Wildman–Crippen MR) is 116 cm³/mol. The summed E-state index contributed by atoms with van der Waals surface area (Å²) in [4.78, 5) is 12.9. The van der Waals surface area contributed by atoms with E-state index in [1.807, 2.05) is 19.1 Å². The molecule has 3 aromatic rings. The van der Waals surface area contributed by atoms with E-state index in [-0.39, 0.29) is 16.6 Å². The highest BCUT2D eigenvalue weighted by Crippen LogP contribution is 2.35.